The average Bonchev–Trinajstić information content (AvgIpc) is 3.55. The molecule has 1 amide bonds. The molecule has 41 heavy (non-hydrogen) atoms. The number of hydrogen-bond acceptors (Lipinski definition) is 6. The van der Waals surface area contributed by atoms with Crippen LogP contribution in [0.3, 0.4) is 0 Å². The molecule has 6 aromatic rings. The molecule has 0 saturated heterocycles. The molecule has 0 aliphatic heterocycles. The molecule has 206 valence electrons. The number of imidazole rings is 1. The minimum Gasteiger partial charge on any atom is -0.497 e. The van der Waals surface area contributed by atoms with E-state index in [0.717, 1.165) is 27.6 Å². The number of pyridine rings is 2. The maximum absolute atomic E-state index is 14.3. The largest absolute Gasteiger partial charge is 0.497 e. The van der Waals surface area contributed by atoms with Gasteiger partial charge in [-0.1, -0.05) is 26.8 Å². The Kier molecular flexibility index (Phi) is 6.45. The number of amides is 1. The van der Waals surface area contributed by atoms with Gasteiger partial charge in [0.25, 0.3) is 0 Å². The predicted octanol–water partition coefficient (Wildman–Crippen LogP) is 6.75. The van der Waals surface area contributed by atoms with Crippen LogP contribution in [0.15, 0.2) is 67.1 Å². The SMILES string of the molecule is COc1cc(F)cc(-c2ccnc3nc(-c4n[nH]c5ccc(-c6cncc(NC(=O)CC(C)(C)C)c6)cc45)[nH]c23)c1. The number of nitrogens with one attached hydrogen (secondary N) is 3. The average molecular weight is 550 g/mol. The van der Waals surface area contributed by atoms with E-state index in [0.29, 0.717) is 46.1 Å². The lowest BCUT2D eigenvalue weighted by Crippen LogP contribution is -2.19. The molecule has 0 fully saturated rings. The molecule has 4 aromatic heterocycles. The van der Waals surface area contributed by atoms with Crippen molar-refractivity contribution >= 4 is 33.7 Å². The van der Waals surface area contributed by atoms with Crippen molar-refractivity contribution in [2.45, 2.75) is 27.2 Å². The molecule has 0 saturated carbocycles. The normalized spacial score (nSPS) is 11.7. The quantitative estimate of drug-likeness (QED) is 0.211. The van der Waals surface area contributed by atoms with Gasteiger partial charge in [0.05, 0.1) is 30.0 Å². The van der Waals surface area contributed by atoms with Gasteiger partial charge in [-0.25, -0.2) is 14.4 Å². The van der Waals surface area contributed by atoms with Crippen LogP contribution in [0.2, 0.25) is 0 Å². The Morgan fingerprint density at radius 3 is 2.68 bits per heavy atom. The van der Waals surface area contributed by atoms with Gasteiger partial charge < -0.3 is 15.0 Å². The molecule has 0 aliphatic carbocycles. The number of benzene rings is 2. The number of rotatable bonds is 6. The van der Waals surface area contributed by atoms with Crippen molar-refractivity contribution < 1.29 is 13.9 Å². The molecule has 3 N–H and O–H groups in total. The molecule has 0 bridgehead atoms. The van der Waals surface area contributed by atoms with Gasteiger partial charge in [0.15, 0.2) is 11.5 Å². The van der Waals surface area contributed by atoms with E-state index in [4.69, 9.17) is 9.72 Å². The Morgan fingerprint density at radius 2 is 1.88 bits per heavy atom. The number of ether oxygens (including phenoxy) is 1. The van der Waals surface area contributed by atoms with E-state index in [9.17, 15) is 9.18 Å². The Hall–Kier alpha value is -5.12. The molecule has 4 heterocycles. The van der Waals surface area contributed by atoms with Gasteiger partial charge in [0.1, 0.15) is 17.3 Å². The molecule has 9 nitrogen and oxygen atoms in total. The third-order valence-electron chi connectivity index (χ3n) is 6.64. The third kappa shape index (κ3) is 5.36. The monoisotopic (exact) mass is 549 g/mol. The summed E-state index contributed by atoms with van der Waals surface area (Å²) in [6, 6.07) is 14.2. The first kappa shape index (κ1) is 26.1. The molecule has 2 aromatic carbocycles. The van der Waals surface area contributed by atoms with E-state index in [-0.39, 0.29) is 11.3 Å². The summed E-state index contributed by atoms with van der Waals surface area (Å²) in [6.07, 6.45) is 5.44. The topological polar surface area (TPSA) is 121 Å². The van der Waals surface area contributed by atoms with Gasteiger partial charge in [-0.15, -0.1) is 0 Å². The van der Waals surface area contributed by atoms with E-state index < -0.39 is 5.82 Å². The summed E-state index contributed by atoms with van der Waals surface area (Å²) >= 11 is 0. The second-order valence-corrected chi connectivity index (χ2v) is 11.1. The van der Waals surface area contributed by atoms with Crippen LogP contribution in [-0.4, -0.2) is 43.2 Å². The van der Waals surface area contributed by atoms with Gasteiger partial charge in [-0.3, -0.25) is 14.9 Å². The number of fused-ring (bicyclic) bond motifs is 2. The third-order valence-corrected chi connectivity index (χ3v) is 6.64. The lowest BCUT2D eigenvalue weighted by atomic mass is 9.92. The summed E-state index contributed by atoms with van der Waals surface area (Å²) in [5, 5.41) is 11.4. The summed E-state index contributed by atoms with van der Waals surface area (Å²) < 4.78 is 19.5. The fourth-order valence-corrected chi connectivity index (χ4v) is 4.83. The van der Waals surface area contributed by atoms with E-state index in [2.05, 4.69) is 30.5 Å². The molecule has 0 atom stereocenters. The maximum Gasteiger partial charge on any atom is 0.224 e. The summed E-state index contributed by atoms with van der Waals surface area (Å²) in [6.45, 7) is 6.07. The minimum atomic E-state index is -0.401. The highest BCUT2D eigenvalue weighted by atomic mass is 19.1. The smallest absolute Gasteiger partial charge is 0.224 e. The number of H-pyrrole nitrogens is 2. The van der Waals surface area contributed by atoms with Gasteiger partial charge in [-0.2, -0.15) is 5.10 Å². The summed E-state index contributed by atoms with van der Waals surface area (Å²) in [5.74, 6) is 0.483. The van der Waals surface area contributed by atoms with E-state index in [1.807, 2.05) is 45.0 Å². The van der Waals surface area contributed by atoms with Crippen LogP contribution in [0, 0.1) is 11.2 Å². The van der Waals surface area contributed by atoms with Crippen LogP contribution in [0.4, 0.5) is 10.1 Å². The lowest BCUT2D eigenvalue weighted by molar-refractivity contribution is -0.117. The standard InChI is InChI=1S/C31H28FN7O2/c1-31(2,3)14-26(40)35-21-10-19(15-33-16-21)17-5-6-25-24(12-17)28(39-38-25)30-36-27-23(7-8-34-29(27)37-30)18-9-20(32)13-22(11-18)41-4/h5-13,15-16H,14H2,1-4H3,(H,35,40)(H,38,39)(H,34,36,37). The molecule has 0 spiro atoms. The fraction of sp³-hybridized carbons (Fsp3) is 0.194. The van der Waals surface area contributed by atoms with Crippen molar-refractivity contribution in [2.24, 2.45) is 5.41 Å². The number of nitrogens with zero attached hydrogens (tertiary/aromatic N) is 4. The summed E-state index contributed by atoms with van der Waals surface area (Å²) in [4.78, 5) is 29.3. The number of carbonyl (C=O) groups is 1. The number of halogens is 1. The summed E-state index contributed by atoms with van der Waals surface area (Å²) in [5.41, 5.74) is 6.23. The van der Waals surface area contributed by atoms with Crippen LogP contribution in [0.25, 0.3) is 55.8 Å². The Bertz CT molecular complexity index is 1920. The van der Waals surface area contributed by atoms with Crippen molar-refractivity contribution in [1.82, 2.24) is 30.1 Å². The van der Waals surface area contributed by atoms with Crippen LogP contribution >= 0.6 is 0 Å². The highest BCUT2D eigenvalue weighted by Crippen LogP contribution is 2.34. The summed E-state index contributed by atoms with van der Waals surface area (Å²) in [7, 11) is 1.50. The first-order valence-electron chi connectivity index (χ1n) is 13.1. The van der Waals surface area contributed by atoms with Crippen molar-refractivity contribution in [3.63, 3.8) is 0 Å². The van der Waals surface area contributed by atoms with Crippen molar-refractivity contribution in [2.75, 3.05) is 12.4 Å². The first-order chi connectivity index (χ1) is 19.7. The zero-order valence-corrected chi connectivity index (χ0v) is 23.0. The van der Waals surface area contributed by atoms with Crippen LogP contribution in [0.1, 0.15) is 27.2 Å². The second-order valence-electron chi connectivity index (χ2n) is 11.1. The van der Waals surface area contributed by atoms with Gasteiger partial charge in [-0.05, 0) is 52.9 Å². The number of carbonyl (C=O) groups excluding carboxylic acids is 1. The number of hydrogen-bond donors (Lipinski definition) is 3. The van der Waals surface area contributed by atoms with Crippen LogP contribution in [-0.2, 0) is 4.79 Å². The van der Waals surface area contributed by atoms with Crippen LogP contribution in [0.5, 0.6) is 5.75 Å². The number of methoxy groups -OCH3 is 1. The highest BCUT2D eigenvalue weighted by Gasteiger charge is 2.18. The second kappa shape index (κ2) is 10.1. The zero-order chi connectivity index (χ0) is 28.7. The van der Waals surface area contributed by atoms with E-state index >= 15 is 0 Å². The van der Waals surface area contributed by atoms with Crippen molar-refractivity contribution in [3.8, 4) is 39.5 Å². The molecular formula is C31H28FN7O2. The minimum absolute atomic E-state index is 0.0569. The molecule has 0 unspecified atom stereocenters. The van der Waals surface area contributed by atoms with Crippen molar-refractivity contribution in [1.29, 1.82) is 0 Å². The van der Waals surface area contributed by atoms with E-state index in [1.54, 1.807) is 30.7 Å². The number of anilines is 1. The Labute approximate surface area is 235 Å². The van der Waals surface area contributed by atoms with Crippen molar-refractivity contribution in [3.05, 3.63) is 72.9 Å². The number of aromatic amines is 2. The molecule has 0 radical (unpaired) electrons. The van der Waals surface area contributed by atoms with Crippen LogP contribution < -0.4 is 10.1 Å². The Morgan fingerprint density at radius 1 is 1.02 bits per heavy atom. The van der Waals surface area contributed by atoms with E-state index in [1.165, 1.54) is 19.2 Å². The highest BCUT2D eigenvalue weighted by molar-refractivity contribution is 5.98. The molecular weight excluding hydrogens is 521 g/mol. The Balaban J connectivity index is 1.37. The van der Waals surface area contributed by atoms with Gasteiger partial charge in [0, 0.05) is 41.4 Å². The number of aromatic nitrogens is 6. The zero-order valence-electron chi connectivity index (χ0n) is 23.0. The predicted molar refractivity (Wildman–Crippen MR) is 157 cm³/mol. The molecule has 0 aliphatic rings. The van der Waals surface area contributed by atoms with Gasteiger partial charge >= 0.3 is 0 Å². The molecule has 10 heteroatoms. The fourth-order valence-electron chi connectivity index (χ4n) is 4.83. The van der Waals surface area contributed by atoms with Gasteiger partial charge in [0.2, 0.25) is 5.91 Å². The first-order valence-corrected chi connectivity index (χ1v) is 13.1. The lowest BCUT2D eigenvalue weighted by Gasteiger charge is -2.17. The molecule has 6 rings (SSSR count). The maximum atomic E-state index is 14.3.